The first kappa shape index (κ1) is 30.7. The third-order valence-corrected chi connectivity index (χ3v) is 9.47. The quantitative estimate of drug-likeness (QED) is 0.208. The number of halogens is 1. The van der Waals surface area contributed by atoms with Crippen LogP contribution in [-0.2, 0) is 52.5 Å². The minimum Gasteiger partial charge on any atom is -0.457 e. The SMILES string of the molecule is C=C1[C@@H](OC(C)=O)/C=C/[C@H]2[C@H]3C(=O)[C@@](C)(OC(C)=O)[C@H]([C@H](OC(=O)COC(C)=O)[C@]4(O)[C@@H](C)C(=O)O[C@H]4[C@H]1Cl)[C@]32C. The van der Waals surface area contributed by atoms with Crippen LogP contribution in [0.15, 0.2) is 24.3 Å². The number of hydrogen-bond donors (Lipinski definition) is 1. The Morgan fingerprint density at radius 1 is 1.05 bits per heavy atom. The smallest absolute Gasteiger partial charge is 0.344 e. The van der Waals surface area contributed by atoms with Crippen LogP contribution >= 0.6 is 11.6 Å². The molecule has 0 aromatic heterocycles. The Labute approximate surface area is 241 Å². The minimum absolute atomic E-state index is 0.0547. The normalized spacial score (nSPS) is 43.5. The van der Waals surface area contributed by atoms with Crippen molar-refractivity contribution in [3.05, 3.63) is 24.3 Å². The summed E-state index contributed by atoms with van der Waals surface area (Å²) in [5, 5.41) is 11.1. The second kappa shape index (κ2) is 10.2. The molecule has 0 amide bonds. The highest BCUT2D eigenvalue weighted by Gasteiger charge is 2.84. The van der Waals surface area contributed by atoms with Gasteiger partial charge < -0.3 is 28.8 Å². The summed E-state index contributed by atoms with van der Waals surface area (Å²) in [5.41, 5.74) is -5.35. The van der Waals surface area contributed by atoms with Crippen molar-refractivity contribution in [1.29, 1.82) is 0 Å². The Balaban J connectivity index is 1.96. The van der Waals surface area contributed by atoms with E-state index in [1.165, 1.54) is 26.8 Å². The molecule has 0 unspecified atom stereocenters. The van der Waals surface area contributed by atoms with E-state index in [1.54, 1.807) is 13.0 Å². The summed E-state index contributed by atoms with van der Waals surface area (Å²) in [7, 11) is 0. The average molecular weight is 597 g/mol. The molecule has 3 aliphatic carbocycles. The molecular weight excluding hydrogens is 564 g/mol. The molecule has 0 radical (unpaired) electrons. The maximum absolute atomic E-state index is 13.9. The molecule has 11 atom stereocenters. The first-order valence-corrected chi connectivity index (χ1v) is 13.5. The first-order chi connectivity index (χ1) is 18.9. The van der Waals surface area contributed by atoms with Crippen molar-refractivity contribution < 1.29 is 57.6 Å². The lowest BCUT2D eigenvalue weighted by molar-refractivity contribution is -0.217. The van der Waals surface area contributed by atoms with E-state index in [-0.39, 0.29) is 5.57 Å². The monoisotopic (exact) mass is 596 g/mol. The van der Waals surface area contributed by atoms with Crippen LogP contribution in [0.3, 0.4) is 0 Å². The number of rotatable bonds is 5. The summed E-state index contributed by atoms with van der Waals surface area (Å²) in [4.78, 5) is 75.5. The molecule has 0 bridgehead atoms. The van der Waals surface area contributed by atoms with Crippen LogP contribution in [0, 0.1) is 29.1 Å². The molecule has 1 saturated heterocycles. The number of aliphatic hydroxyl groups is 1. The van der Waals surface area contributed by atoms with Crippen molar-refractivity contribution in [1.82, 2.24) is 0 Å². The van der Waals surface area contributed by atoms with E-state index in [1.807, 2.05) is 0 Å². The lowest BCUT2D eigenvalue weighted by atomic mass is 9.66. The fourth-order valence-corrected chi connectivity index (χ4v) is 7.41. The molecule has 0 aromatic carbocycles. The number of alkyl halides is 1. The van der Waals surface area contributed by atoms with Gasteiger partial charge in [0.1, 0.15) is 12.2 Å². The Kier molecular flexibility index (Phi) is 7.66. The molecule has 4 aliphatic rings. The van der Waals surface area contributed by atoms with E-state index in [2.05, 4.69) is 6.58 Å². The Morgan fingerprint density at radius 2 is 1.68 bits per heavy atom. The second-order valence-corrected chi connectivity index (χ2v) is 11.9. The van der Waals surface area contributed by atoms with E-state index in [4.69, 9.17) is 35.3 Å². The molecule has 41 heavy (non-hydrogen) atoms. The molecule has 224 valence electrons. The number of carbonyl (C=O) groups excluding carboxylic acids is 6. The molecule has 1 N–H and O–H groups in total. The van der Waals surface area contributed by atoms with Crippen LogP contribution in [0.2, 0.25) is 0 Å². The molecule has 4 rings (SSSR count). The van der Waals surface area contributed by atoms with Crippen molar-refractivity contribution in [3.8, 4) is 0 Å². The predicted molar refractivity (Wildman–Crippen MR) is 138 cm³/mol. The van der Waals surface area contributed by atoms with E-state index >= 15 is 0 Å². The molecular formula is C28H33ClO12. The number of ketones is 1. The van der Waals surface area contributed by atoms with Gasteiger partial charge in [0.15, 0.2) is 29.7 Å². The number of allylic oxidation sites excluding steroid dienone is 1. The Morgan fingerprint density at radius 3 is 2.24 bits per heavy atom. The van der Waals surface area contributed by atoms with Gasteiger partial charge in [0, 0.05) is 26.7 Å². The first-order valence-electron chi connectivity index (χ1n) is 13.1. The fourth-order valence-electron chi connectivity index (χ4n) is 7.03. The second-order valence-electron chi connectivity index (χ2n) is 11.5. The third kappa shape index (κ3) is 4.64. The highest BCUT2D eigenvalue weighted by atomic mass is 35.5. The summed E-state index contributed by atoms with van der Waals surface area (Å²) in [6.07, 6.45) is -1.31. The van der Waals surface area contributed by atoms with Gasteiger partial charge in [-0.2, -0.15) is 0 Å². The Hall–Kier alpha value is -3.25. The molecule has 0 spiro atoms. The average Bonchev–Trinajstić information content (AvgIpc) is 3.32. The van der Waals surface area contributed by atoms with Crippen molar-refractivity contribution in [2.24, 2.45) is 29.1 Å². The molecule has 1 aliphatic heterocycles. The van der Waals surface area contributed by atoms with Crippen LogP contribution in [-0.4, -0.2) is 82.2 Å². The fraction of sp³-hybridized carbons (Fsp3) is 0.643. The van der Waals surface area contributed by atoms with Crippen LogP contribution in [0.5, 0.6) is 0 Å². The largest absolute Gasteiger partial charge is 0.457 e. The summed E-state index contributed by atoms with van der Waals surface area (Å²) in [5.74, 6) is -8.60. The van der Waals surface area contributed by atoms with Gasteiger partial charge in [-0.15, -0.1) is 11.6 Å². The summed E-state index contributed by atoms with van der Waals surface area (Å²) < 4.78 is 27.1. The number of hydrogen-bond acceptors (Lipinski definition) is 12. The van der Waals surface area contributed by atoms with Gasteiger partial charge in [-0.3, -0.25) is 24.0 Å². The molecule has 12 nitrogen and oxygen atoms in total. The van der Waals surface area contributed by atoms with Crippen LogP contribution in [0.25, 0.3) is 0 Å². The van der Waals surface area contributed by atoms with E-state index < -0.39 is 106 Å². The lowest BCUT2D eigenvalue weighted by Gasteiger charge is -2.47. The number of carbonyl (C=O) groups is 6. The van der Waals surface area contributed by atoms with Crippen LogP contribution in [0.1, 0.15) is 41.5 Å². The number of ether oxygens (including phenoxy) is 5. The maximum Gasteiger partial charge on any atom is 0.344 e. The van der Waals surface area contributed by atoms with E-state index in [0.29, 0.717) is 0 Å². The standard InChI is InChI=1S/C28H33ClO12/c1-11-17(38-14(4)31)9-8-16-19-22(34)27(7,41-15(5)32)21(26(16,19)6)24(39-18(33)10-37-13(3)30)28(36)12(2)25(35)40-23(28)20(11)29/h8-9,12,16-17,19-21,23-24,36H,1,10H2,2-7H3/b9-8+/t12-,16-,17-,19-,20-,21+,23-,24-,26-,27-,28-/m0/s1. The third-order valence-electron chi connectivity index (χ3n) is 8.96. The van der Waals surface area contributed by atoms with Gasteiger partial charge in [-0.05, 0) is 36.8 Å². The molecule has 3 fully saturated rings. The van der Waals surface area contributed by atoms with Gasteiger partial charge in [0.05, 0.1) is 17.2 Å². The molecule has 13 heteroatoms. The van der Waals surface area contributed by atoms with Crippen molar-refractivity contribution >= 4 is 47.2 Å². The Bertz CT molecular complexity index is 1260. The maximum atomic E-state index is 13.9. The van der Waals surface area contributed by atoms with Crippen LogP contribution < -0.4 is 0 Å². The van der Waals surface area contributed by atoms with Gasteiger partial charge in [-0.1, -0.05) is 19.6 Å². The minimum atomic E-state index is -2.42. The molecule has 1 heterocycles. The van der Waals surface area contributed by atoms with Gasteiger partial charge in [-0.25, -0.2) is 4.79 Å². The van der Waals surface area contributed by atoms with E-state index in [0.717, 1.165) is 13.8 Å². The van der Waals surface area contributed by atoms with E-state index in [9.17, 15) is 33.9 Å². The summed E-state index contributed by atoms with van der Waals surface area (Å²) in [6.45, 7) is 10.9. The lowest BCUT2D eigenvalue weighted by Crippen LogP contribution is -2.65. The zero-order chi connectivity index (χ0) is 30.8. The predicted octanol–water partition coefficient (Wildman–Crippen LogP) is 1.19. The van der Waals surface area contributed by atoms with Crippen molar-refractivity contribution in [2.75, 3.05) is 6.61 Å². The highest BCUT2D eigenvalue weighted by molar-refractivity contribution is 6.23. The van der Waals surface area contributed by atoms with Crippen LogP contribution in [0.4, 0.5) is 0 Å². The zero-order valence-corrected chi connectivity index (χ0v) is 24.3. The summed E-state index contributed by atoms with van der Waals surface area (Å²) >= 11 is 6.77. The molecule has 0 aromatic rings. The van der Waals surface area contributed by atoms with Crippen molar-refractivity contribution in [3.63, 3.8) is 0 Å². The number of esters is 5. The van der Waals surface area contributed by atoms with Crippen molar-refractivity contribution in [2.45, 2.75) is 76.4 Å². The number of Topliss-reactive ketones (excluding diaryl/α,β-unsaturated/α-hetero) is 1. The summed E-state index contributed by atoms with van der Waals surface area (Å²) in [6, 6.07) is 0. The zero-order valence-electron chi connectivity index (χ0n) is 23.5. The highest BCUT2D eigenvalue weighted by Crippen LogP contribution is 2.75. The number of fused-ring (bicyclic) bond motifs is 2. The topological polar surface area (TPSA) is 169 Å². The van der Waals surface area contributed by atoms with Gasteiger partial charge >= 0.3 is 29.8 Å². The van der Waals surface area contributed by atoms with Gasteiger partial charge in [0.2, 0.25) is 0 Å². The molecule has 2 saturated carbocycles. The van der Waals surface area contributed by atoms with Gasteiger partial charge in [0.25, 0.3) is 0 Å².